The van der Waals surface area contributed by atoms with Gasteiger partial charge in [0.1, 0.15) is 11.6 Å². The molecule has 10 heteroatoms. The molecule has 2 aliphatic heterocycles. The molecule has 1 fully saturated rings. The molecule has 2 N–H and O–H groups in total. The molecule has 170 valence electrons. The summed E-state index contributed by atoms with van der Waals surface area (Å²) in [6.45, 7) is 3.81. The number of fused-ring (bicyclic) bond motifs is 3. The third-order valence-corrected chi connectivity index (χ3v) is 6.08. The van der Waals surface area contributed by atoms with Crippen molar-refractivity contribution >= 4 is 17.6 Å². The molecule has 2 aromatic heterocycles. The number of rotatable bonds is 5. The van der Waals surface area contributed by atoms with Crippen LogP contribution < -0.4 is 15.0 Å². The van der Waals surface area contributed by atoms with Crippen molar-refractivity contribution < 1.29 is 23.0 Å². The molecule has 0 saturated carbocycles. The lowest BCUT2D eigenvalue weighted by Gasteiger charge is -2.43. The number of hydrogen-bond acceptors (Lipinski definition) is 7. The summed E-state index contributed by atoms with van der Waals surface area (Å²) in [6.07, 6.45) is 0.0774. The molecule has 5 rings (SSSR count). The van der Waals surface area contributed by atoms with Crippen molar-refractivity contribution in [3.05, 3.63) is 60.6 Å². The maximum Gasteiger partial charge on any atom is 0.263 e. The summed E-state index contributed by atoms with van der Waals surface area (Å²) in [5, 5.41) is 21.2. The first kappa shape index (κ1) is 21.0. The van der Waals surface area contributed by atoms with E-state index in [0.29, 0.717) is 17.4 Å². The summed E-state index contributed by atoms with van der Waals surface area (Å²) in [6, 6.07) is 9.01. The largest absolute Gasteiger partial charge is 0.504 e. The third kappa shape index (κ3) is 3.51. The van der Waals surface area contributed by atoms with Crippen LogP contribution in [0.1, 0.15) is 12.0 Å². The van der Waals surface area contributed by atoms with E-state index >= 15 is 0 Å². The number of aromatic nitrogens is 3. The molecule has 2 aliphatic rings. The zero-order valence-corrected chi connectivity index (χ0v) is 17.4. The number of phenols is 1. The van der Waals surface area contributed by atoms with E-state index < -0.39 is 29.6 Å². The van der Waals surface area contributed by atoms with Gasteiger partial charge >= 0.3 is 0 Å². The molecule has 4 heterocycles. The minimum Gasteiger partial charge on any atom is -0.504 e. The SMILES string of the molecule is C=Cc1ccc(O[C@H]2CN3c4cc(-c5cccc(F)c5O)nnc4NC[C@@]3(C(F)F)C2)nc1. The van der Waals surface area contributed by atoms with E-state index in [1.807, 2.05) is 0 Å². The Balaban J connectivity index is 1.49. The first-order valence-corrected chi connectivity index (χ1v) is 10.3. The van der Waals surface area contributed by atoms with E-state index in [1.54, 1.807) is 29.3 Å². The van der Waals surface area contributed by atoms with E-state index in [9.17, 15) is 18.3 Å². The number of hydrogen-bond donors (Lipinski definition) is 2. The van der Waals surface area contributed by atoms with Crippen molar-refractivity contribution in [3.8, 4) is 22.9 Å². The molecule has 0 spiro atoms. The zero-order chi connectivity index (χ0) is 23.2. The van der Waals surface area contributed by atoms with Gasteiger partial charge in [0.25, 0.3) is 6.43 Å². The minimum absolute atomic E-state index is 0.0421. The molecule has 0 aliphatic carbocycles. The number of halogens is 3. The Labute approximate surface area is 187 Å². The zero-order valence-electron chi connectivity index (χ0n) is 17.4. The number of ether oxygens (including phenoxy) is 1. The summed E-state index contributed by atoms with van der Waals surface area (Å²) >= 11 is 0. The number of nitrogens with one attached hydrogen (secondary N) is 1. The number of aromatic hydroxyl groups is 1. The van der Waals surface area contributed by atoms with E-state index in [0.717, 1.165) is 11.6 Å². The lowest BCUT2D eigenvalue weighted by Crippen LogP contribution is -2.57. The number of anilines is 2. The van der Waals surface area contributed by atoms with E-state index in [-0.39, 0.29) is 30.8 Å². The standard InChI is InChI=1S/C23H20F3N5O2/c1-2-13-6-7-19(27-10-13)33-14-9-23(22(25)26)12-28-21-18(31(23)11-14)8-17(29-30-21)15-4-3-5-16(24)20(15)32/h2-8,10,14,22,32H,1,9,11-12H2,(H,28,30)/t14-,23-/m1/s1. The van der Waals surface area contributed by atoms with Crippen LogP contribution >= 0.6 is 0 Å². The fourth-order valence-corrected chi connectivity index (χ4v) is 4.38. The maximum absolute atomic E-state index is 14.4. The van der Waals surface area contributed by atoms with Gasteiger partial charge in [-0.15, -0.1) is 10.2 Å². The second-order valence-electron chi connectivity index (χ2n) is 8.05. The van der Waals surface area contributed by atoms with Gasteiger partial charge in [0.15, 0.2) is 17.4 Å². The second-order valence-corrected chi connectivity index (χ2v) is 8.05. The van der Waals surface area contributed by atoms with Crippen LogP contribution in [0.25, 0.3) is 17.3 Å². The van der Waals surface area contributed by atoms with Crippen molar-refractivity contribution in [2.24, 2.45) is 0 Å². The molecular weight excluding hydrogens is 435 g/mol. The van der Waals surface area contributed by atoms with Gasteiger partial charge in [-0.3, -0.25) is 0 Å². The number of para-hydroxylation sites is 1. The monoisotopic (exact) mass is 455 g/mol. The highest BCUT2D eigenvalue weighted by atomic mass is 19.3. The van der Waals surface area contributed by atoms with Crippen molar-refractivity contribution in [2.45, 2.75) is 24.5 Å². The van der Waals surface area contributed by atoms with Gasteiger partial charge in [0.2, 0.25) is 5.88 Å². The number of nitrogens with zero attached hydrogens (tertiary/aromatic N) is 4. The van der Waals surface area contributed by atoms with Gasteiger partial charge in [-0.2, -0.15) is 0 Å². The molecule has 2 atom stereocenters. The van der Waals surface area contributed by atoms with Crippen LogP contribution in [0.4, 0.5) is 24.7 Å². The Bertz CT molecular complexity index is 1210. The van der Waals surface area contributed by atoms with Gasteiger partial charge in [0, 0.05) is 30.8 Å². The molecule has 1 saturated heterocycles. The average Bonchev–Trinajstić information content (AvgIpc) is 3.21. The number of benzene rings is 1. The first-order valence-electron chi connectivity index (χ1n) is 10.3. The fourth-order valence-electron chi connectivity index (χ4n) is 4.38. The van der Waals surface area contributed by atoms with Crippen molar-refractivity contribution in [1.29, 1.82) is 0 Å². The van der Waals surface area contributed by atoms with Crippen LogP contribution in [0.3, 0.4) is 0 Å². The van der Waals surface area contributed by atoms with Crippen LogP contribution in [-0.4, -0.2) is 51.4 Å². The highest BCUT2D eigenvalue weighted by Crippen LogP contribution is 2.46. The molecule has 0 amide bonds. The van der Waals surface area contributed by atoms with Gasteiger partial charge in [-0.25, -0.2) is 18.2 Å². The summed E-state index contributed by atoms with van der Waals surface area (Å²) in [5.41, 5.74) is -0.0275. The number of pyridine rings is 1. The summed E-state index contributed by atoms with van der Waals surface area (Å²) in [7, 11) is 0. The smallest absolute Gasteiger partial charge is 0.263 e. The number of alkyl halides is 2. The van der Waals surface area contributed by atoms with E-state index in [4.69, 9.17) is 4.74 Å². The predicted octanol–water partition coefficient (Wildman–Crippen LogP) is 4.11. The Morgan fingerprint density at radius 3 is 2.85 bits per heavy atom. The van der Waals surface area contributed by atoms with Gasteiger partial charge in [0.05, 0.1) is 17.9 Å². The Morgan fingerprint density at radius 2 is 2.12 bits per heavy atom. The van der Waals surface area contributed by atoms with Crippen LogP contribution in [0.15, 0.2) is 49.2 Å². The highest BCUT2D eigenvalue weighted by Gasteiger charge is 2.56. The highest BCUT2D eigenvalue weighted by molar-refractivity contribution is 5.77. The van der Waals surface area contributed by atoms with Crippen molar-refractivity contribution in [2.75, 3.05) is 23.3 Å². The Kier molecular flexibility index (Phi) is 5.07. The van der Waals surface area contributed by atoms with E-state index in [2.05, 4.69) is 27.1 Å². The van der Waals surface area contributed by atoms with Crippen molar-refractivity contribution in [1.82, 2.24) is 15.2 Å². The molecule has 0 bridgehead atoms. The van der Waals surface area contributed by atoms with Crippen LogP contribution in [0.5, 0.6) is 11.6 Å². The first-order chi connectivity index (χ1) is 15.9. The molecule has 1 aromatic carbocycles. The lowest BCUT2D eigenvalue weighted by molar-refractivity contribution is 0.0529. The molecule has 33 heavy (non-hydrogen) atoms. The topological polar surface area (TPSA) is 83.4 Å². The quantitative estimate of drug-likeness (QED) is 0.599. The van der Waals surface area contributed by atoms with E-state index in [1.165, 1.54) is 18.2 Å². The normalized spacial score (nSPS) is 21.3. The maximum atomic E-state index is 14.4. The Hall–Kier alpha value is -3.82. The molecular formula is C23H20F3N5O2. The average molecular weight is 455 g/mol. The molecule has 7 nitrogen and oxygen atoms in total. The molecule has 3 aromatic rings. The van der Waals surface area contributed by atoms with Crippen LogP contribution in [0, 0.1) is 5.82 Å². The predicted molar refractivity (Wildman–Crippen MR) is 117 cm³/mol. The summed E-state index contributed by atoms with van der Waals surface area (Å²) in [4.78, 5) is 5.78. The van der Waals surface area contributed by atoms with Crippen molar-refractivity contribution in [3.63, 3.8) is 0 Å². The third-order valence-electron chi connectivity index (χ3n) is 6.08. The molecule has 0 radical (unpaired) electrons. The number of phenolic OH excluding ortho intramolecular Hbond substituents is 1. The minimum atomic E-state index is -2.68. The van der Waals surface area contributed by atoms with Gasteiger partial charge in [-0.1, -0.05) is 18.7 Å². The summed E-state index contributed by atoms with van der Waals surface area (Å²) in [5.74, 6) is -0.717. The fraction of sp³-hybridized carbons (Fsp3) is 0.261. The second kappa shape index (κ2) is 7.95. The summed E-state index contributed by atoms with van der Waals surface area (Å²) < 4.78 is 48.6. The van der Waals surface area contributed by atoms with Crippen LogP contribution in [-0.2, 0) is 0 Å². The Morgan fingerprint density at radius 1 is 1.27 bits per heavy atom. The van der Waals surface area contributed by atoms with Gasteiger partial charge < -0.3 is 20.1 Å². The van der Waals surface area contributed by atoms with Gasteiger partial charge in [-0.05, 0) is 29.8 Å². The lowest BCUT2D eigenvalue weighted by atomic mass is 9.93. The molecule has 0 unspecified atom stereocenters. The van der Waals surface area contributed by atoms with Crippen LogP contribution in [0.2, 0.25) is 0 Å².